The standard InChI is InChI=1S/C14H23N3O2/c1-16(8-9-19-11-12-2-3-12)6-7-17-10-13(15)4-5-14(17)18/h4-5,10,12H,2-3,6-9,11,15H2,1H3. The highest BCUT2D eigenvalue weighted by Crippen LogP contribution is 2.28. The van der Waals surface area contributed by atoms with E-state index in [4.69, 9.17) is 10.5 Å². The van der Waals surface area contributed by atoms with E-state index in [-0.39, 0.29) is 5.56 Å². The van der Waals surface area contributed by atoms with Crippen LogP contribution < -0.4 is 11.3 Å². The van der Waals surface area contributed by atoms with Gasteiger partial charge in [-0.1, -0.05) is 0 Å². The predicted octanol–water partition coefficient (Wildman–Crippen LogP) is 0.789. The molecular weight excluding hydrogens is 242 g/mol. The predicted molar refractivity (Wildman–Crippen MR) is 76.2 cm³/mol. The second-order valence-electron chi connectivity index (χ2n) is 5.32. The van der Waals surface area contributed by atoms with Crippen LogP contribution in [0.25, 0.3) is 0 Å². The van der Waals surface area contributed by atoms with Crippen LogP contribution in [0.3, 0.4) is 0 Å². The summed E-state index contributed by atoms with van der Waals surface area (Å²) in [4.78, 5) is 13.8. The molecule has 0 aromatic carbocycles. The molecule has 1 saturated carbocycles. The van der Waals surface area contributed by atoms with Crippen LogP contribution in [0.2, 0.25) is 0 Å². The first-order valence-electron chi connectivity index (χ1n) is 6.87. The molecule has 0 saturated heterocycles. The zero-order valence-corrected chi connectivity index (χ0v) is 11.5. The largest absolute Gasteiger partial charge is 0.398 e. The van der Waals surface area contributed by atoms with Crippen LogP contribution in [0.5, 0.6) is 0 Å². The monoisotopic (exact) mass is 265 g/mol. The fourth-order valence-corrected chi connectivity index (χ4v) is 1.87. The van der Waals surface area contributed by atoms with Crippen LogP contribution in [-0.2, 0) is 11.3 Å². The topological polar surface area (TPSA) is 60.5 Å². The number of hydrogen-bond acceptors (Lipinski definition) is 4. The average molecular weight is 265 g/mol. The molecule has 19 heavy (non-hydrogen) atoms. The molecule has 5 heteroatoms. The van der Waals surface area contributed by atoms with Crippen LogP contribution in [0.4, 0.5) is 5.69 Å². The number of aromatic nitrogens is 1. The van der Waals surface area contributed by atoms with Gasteiger partial charge in [-0.2, -0.15) is 0 Å². The molecule has 0 spiro atoms. The average Bonchev–Trinajstić information content (AvgIpc) is 3.20. The van der Waals surface area contributed by atoms with E-state index in [1.165, 1.54) is 18.9 Å². The first kappa shape index (κ1) is 14.1. The minimum Gasteiger partial charge on any atom is -0.398 e. The lowest BCUT2D eigenvalue weighted by molar-refractivity contribution is 0.102. The highest BCUT2D eigenvalue weighted by atomic mass is 16.5. The summed E-state index contributed by atoms with van der Waals surface area (Å²) in [6.45, 7) is 4.03. The summed E-state index contributed by atoms with van der Waals surface area (Å²) in [6.07, 6.45) is 4.35. The van der Waals surface area contributed by atoms with E-state index < -0.39 is 0 Å². The quantitative estimate of drug-likeness (QED) is 0.706. The summed E-state index contributed by atoms with van der Waals surface area (Å²) in [7, 11) is 2.04. The number of hydrogen-bond donors (Lipinski definition) is 1. The first-order chi connectivity index (χ1) is 9.15. The van der Waals surface area contributed by atoms with Crippen LogP contribution in [0, 0.1) is 5.92 Å². The zero-order valence-electron chi connectivity index (χ0n) is 11.5. The number of nitrogens with two attached hydrogens (primary N) is 1. The fraction of sp³-hybridized carbons (Fsp3) is 0.643. The van der Waals surface area contributed by atoms with E-state index in [0.717, 1.165) is 32.2 Å². The highest BCUT2D eigenvalue weighted by Gasteiger charge is 2.20. The normalized spacial score (nSPS) is 15.1. The van der Waals surface area contributed by atoms with Crippen LogP contribution >= 0.6 is 0 Å². The second-order valence-corrected chi connectivity index (χ2v) is 5.32. The van der Waals surface area contributed by atoms with E-state index in [2.05, 4.69) is 4.90 Å². The van der Waals surface area contributed by atoms with Gasteiger partial charge in [0.2, 0.25) is 0 Å². The van der Waals surface area contributed by atoms with Crippen molar-refractivity contribution in [2.75, 3.05) is 39.1 Å². The molecule has 1 aromatic rings. The van der Waals surface area contributed by atoms with E-state index in [1.54, 1.807) is 16.8 Å². The number of ether oxygens (including phenoxy) is 1. The summed E-state index contributed by atoms with van der Waals surface area (Å²) < 4.78 is 7.24. The Morgan fingerprint density at radius 3 is 2.95 bits per heavy atom. The van der Waals surface area contributed by atoms with Gasteiger partial charge < -0.3 is 19.9 Å². The maximum atomic E-state index is 11.6. The minimum absolute atomic E-state index is 0.00687. The van der Waals surface area contributed by atoms with Gasteiger partial charge in [0.1, 0.15) is 0 Å². The van der Waals surface area contributed by atoms with Crippen molar-refractivity contribution in [3.05, 3.63) is 28.7 Å². The van der Waals surface area contributed by atoms with Crippen molar-refractivity contribution in [2.24, 2.45) is 5.92 Å². The summed E-state index contributed by atoms with van der Waals surface area (Å²) >= 11 is 0. The van der Waals surface area contributed by atoms with Gasteiger partial charge >= 0.3 is 0 Å². The summed E-state index contributed by atoms with van der Waals surface area (Å²) in [5.41, 5.74) is 6.29. The fourth-order valence-electron chi connectivity index (χ4n) is 1.87. The molecule has 0 amide bonds. The van der Waals surface area contributed by atoms with Gasteiger partial charge in [0, 0.05) is 44.2 Å². The number of nitrogen functional groups attached to an aromatic ring is 1. The Kier molecular flexibility index (Phi) is 4.99. The van der Waals surface area contributed by atoms with Gasteiger partial charge in [0.05, 0.1) is 6.61 Å². The molecule has 2 rings (SSSR count). The molecule has 1 heterocycles. The van der Waals surface area contributed by atoms with Crippen molar-refractivity contribution in [3.63, 3.8) is 0 Å². The number of anilines is 1. The van der Waals surface area contributed by atoms with Gasteiger partial charge in [-0.05, 0) is 31.9 Å². The van der Waals surface area contributed by atoms with Gasteiger partial charge in [0.15, 0.2) is 0 Å². The van der Waals surface area contributed by atoms with Gasteiger partial charge in [-0.3, -0.25) is 4.79 Å². The Morgan fingerprint density at radius 2 is 2.21 bits per heavy atom. The SMILES string of the molecule is CN(CCOCC1CC1)CCn1cc(N)ccc1=O. The van der Waals surface area contributed by atoms with Crippen molar-refractivity contribution < 1.29 is 4.74 Å². The van der Waals surface area contributed by atoms with Crippen molar-refractivity contribution in [1.82, 2.24) is 9.47 Å². The maximum Gasteiger partial charge on any atom is 0.250 e. The molecule has 1 aromatic heterocycles. The summed E-state index contributed by atoms with van der Waals surface area (Å²) in [5.74, 6) is 0.816. The lowest BCUT2D eigenvalue weighted by Crippen LogP contribution is -2.30. The molecule has 0 unspecified atom stereocenters. The molecule has 1 aliphatic carbocycles. The molecule has 1 fully saturated rings. The number of nitrogens with zero attached hydrogens (tertiary/aromatic N) is 2. The number of rotatable bonds is 8. The Hall–Kier alpha value is -1.33. The van der Waals surface area contributed by atoms with E-state index in [0.29, 0.717) is 12.2 Å². The molecule has 0 atom stereocenters. The van der Waals surface area contributed by atoms with E-state index >= 15 is 0 Å². The van der Waals surface area contributed by atoms with E-state index in [1.807, 2.05) is 7.05 Å². The minimum atomic E-state index is -0.00687. The lowest BCUT2D eigenvalue weighted by Gasteiger charge is -2.17. The van der Waals surface area contributed by atoms with E-state index in [9.17, 15) is 4.79 Å². The Morgan fingerprint density at radius 1 is 1.42 bits per heavy atom. The second kappa shape index (κ2) is 6.73. The van der Waals surface area contributed by atoms with Crippen molar-refractivity contribution in [2.45, 2.75) is 19.4 Å². The molecule has 0 radical (unpaired) electrons. The third kappa shape index (κ3) is 5.04. The lowest BCUT2D eigenvalue weighted by atomic mass is 10.4. The molecule has 1 aliphatic rings. The smallest absolute Gasteiger partial charge is 0.250 e. The molecule has 106 valence electrons. The Labute approximate surface area is 114 Å². The molecule has 0 aliphatic heterocycles. The summed E-state index contributed by atoms with van der Waals surface area (Å²) in [6, 6.07) is 3.14. The maximum absolute atomic E-state index is 11.6. The van der Waals surface area contributed by atoms with Gasteiger partial charge in [-0.25, -0.2) is 0 Å². The Balaban J connectivity index is 1.65. The third-order valence-corrected chi connectivity index (χ3v) is 3.40. The van der Waals surface area contributed by atoms with Crippen molar-refractivity contribution in [3.8, 4) is 0 Å². The van der Waals surface area contributed by atoms with Crippen molar-refractivity contribution >= 4 is 5.69 Å². The zero-order chi connectivity index (χ0) is 13.7. The third-order valence-electron chi connectivity index (χ3n) is 3.40. The first-order valence-corrected chi connectivity index (χ1v) is 6.87. The molecule has 2 N–H and O–H groups in total. The van der Waals surface area contributed by atoms with Crippen LogP contribution in [0.15, 0.2) is 23.1 Å². The van der Waals surface area contributed by atoms with Crippen molar-refractivity contribution in [1.29, 1.82) is 0 Å². The Bertz CT molecular complexity index is 454. The molecule has 0 bridgehead atoms. The summed E-state index contributed by atoms with van der Waals surface area (Å²) in [5, 5.41) is 0. The molecular formula is C14H23N3O2. The highest BCUT2D eigenvalue weighted by molar-refractivity contribution is 5.33. The van der Waals surface area contributed by atoms with Crippen LogP contribution in [-0.4, -0.2) is 42.8 Å². The molecule has 5 nitrogen and oxygen atoms in total. The number of likely N-dealkylation sites (N-methyl/N-ethyl adjacent to an activating group) is 1. The van der Waals surface area contributed by atoms with Crippen LogP contribution in [0.1, 0.15) is 12.8 Å². The number of pyridine rings is 1. The van der Waals surface area contributed by atoms with Gasteiger partial charge in [-0.15, -0.1) is 0 Å². The van der Waals surface area contributed by atoms with Gasteiger partial charge in [0.25, 0.3) is 5.56 Å².